The minimum atomic E-state index is 0.452. The van der Waals surface area contributed by atoms with Crippen LogP contribution in [0.15, 0.2) is 95.2 Å². The molecule has 146 valence electrons. The van der Waals surface area contributed by atoms with E-state index in [2.05, 4.69) is 35.6 Å². The predicted octanol–water partition coefficient (Wildman–Crippen LogP) is 5.39. The van der Waals surface area contributed by atoms with E-state index in [0.29, 0.717) is 17.1 Å². The lowest BCUT2D eigenvalue weighted by Gasteiger charge is -2.09. The van der Waals surface area contributed by atoms with Gasteiger partial charge in [-0.15, -0.1) is 0 Å². The monoisotopic (exact) mass is 411 g/mol. The lowest BCUT2D eigenvalue weighted by atomic mass is 10.3. The summed E-state index contributed by atoms with van der Waals surface area (Å²) in [6.45, 7) is 0. The Morgan fingerprint density at radius 2 is 1.17 bits per heavy atom. The molecule has 0 radical (unpaired) electrons. The number of imidazole rings is 1. The highest BCUT2D eigenvalue weighted by Crippen LogP contribution is 2.27. The van der Waals surface area contributed by atoms with Crippen LogP contribution in [0.2, 0.25) is 0 Å². The molecule has 2 heterocycles. The van der Waals surface area contributed by atoms with Crippen LogP contribution in [0.4, 0.5) is 23.3 Å². The van der Waals surface area contributed by atoms with Crippen molar-refractivity contribution in [2.75, 3.05) is 10.6 Å². The molecule has 8 heteroatoms. The third-order valence-electron chi connectivity index (χ3n) is 4.23. The van der Waals surface area contributed by atoms with Crippen LogP contribution in [0.3, 0.4) is 0 Å². The summed E-state index contributed by atoms with van der Waals surface area (Å²) < 4.78 is 0. The molecule has 0 aliphatic rings. The molecule has 3 aromatic carbocycles. The number of nitrogens with one attached hydrogen (secondary N) is 3. The van der Waals surface area contributed by atoms with Gasteiger partial charge in [-0.05, 0) is 48.2 Å². The molecule has 7 nitrogen and oxygen atoms in total. The zero-order valence-electron chi connectivity index (χ0n) is 15.8. The average Bonchev–Trinajstić information content (AvgIpc) is 3.17. The number of rotatable bonds is 6. The van der Waals surface area contributed by atoms with E-state index in [0.717, 1.165) is 27.6 Å². The van der Waals surface area contributed by atoms with Crippen molar-refractivity contribution in [3.05, 3.63) is 84.9 Å². The van der Waals surface area contributed by atoms with Gasteiger partial charge in [0.2, 0.25) is 17.1 Å². The van der Waals surface area contributed by atoms with Crippen LogP contribution < -0.4 is 10.6 Å². The van der Waals surface area contributed by atoms with Crippen molar-refractivity contribution in [1.29, 1.82) is 0 Å². The third-order valence-corrected chi connectivity index (χ3v) is 4.98. The Bertz CT molecular complexity index is 1180. The molecule has 5 aromatic rings. The van der Waals surface area contributed by atoms with E-state index in [1.165, 1.54) is 11.8 Å². The second kappa shape index (κ2) is 8.22. The van der Waals surface area contributed by atoms with Crippen molar-refractivity contribution in [3.8, 4) is 0 Å². The summed E-state index contributed by atoms with van der Waals surface area (Å²) in [5.41, 5.74) is 3.67. The van der Waals surface area contributed by atoms with Crippen molar-refractivity contribution in [2.45, 2.75) is 10.3 Å². The standard InChI is InChI=1S/C22H17N7S/c1-3-9-15(10-4-1)23-19-27-20(24-16-11-5-2-6-12-16)29-22(28-19)30-21-25-17-13-7-8-14-18(17)26-21/h1-14H,(H,25,26)(H2,23,24,27,28,29). The SMILES string of the molecule is c1ccc(Nc2nc(Nc3ccccc3)nc(Sc3nc4ccccc4[nH]3)n2)cc1. The molecule has 0 amide bonds. The number of hydrogen-bond acceptors (Lipinski definition) is 7. The summed E-state index contributed by atoms with van der Waals surface area (Å²) in [5, 5.41) is 7.72. The van der Waals surface area contributed by atoms with Gasteiger partial charge in [0.1, 0.15) is 0 Å². The number of hydrogen-bond donors (Lipinski definition) is 3. The maximum absolute atomic E-state index is 4.60. The van der Waals surface area contributed by atoms with Gasteiger partial charge in [-0.2, -0.15) is 15.0 Å². The number of fused-ring (bicyclic) bond motifs is 1. The molecule has 0 saturated heterocycles. The number of para-hydroxylation sites is 4. The first kappa shape index (κ1) is 18.1. The molecule has 0 bridgehead atoms. The molecule has 0 spiro atoms. The van der Waals surface area contributed by atoms with E-state index in [1.54, 1.807) is 0 Å². The van der Waals surface area contributed by atoms with Crippen LogP contribution in [0, 0.1) is 0 Å². The molecule has 0 unspecified atom stereocenters. The number of aromatic amines is 1. The van der Waals surface area contributed by atoms with E-state index >= 15 is 0 Å². The van der Waals surface area contributed by atoms with Gasteiger partial charge in [-0.25, -0.2) is 4.98 Å². The van der Waals surface area contributed by atoms with Gasteiger partial charge in [0, 0.05) is 11.4 Å². The zero-order valence-corrected chi connectivity index (χ0v) is 16.6. The van der Waals surface area contributed by atoms with E-state index in [-0.39, 0.29) is 0 Å². The maximum atomic E-state index is 4.60. The normalized spacial score (nSPS) is 10.8. The molecule has 0 atom stereocenters. The number of benzene rings is 3. The fourth-order valence-electron chi connectivity index (χ4n) is 2.88. The zero-order chi connectivity index (χ0) is 20.2. The Morgan fingerprint density at radius 1 is 0.600 bits per heavy atom. The lowest BCUT2D eigenvalue weighted by Crippen LogP contribution is -2.05. The second-order valence-corrected chi connectivity index (χ2v) is 7.36. The topological polar surface area (TPSA) is 91.4 Å². The van der Waals surface area contributed by atoms with Gasteiger partial charge in [-0.3, -0.25) is 0 Å². The van der Waals surface area contributed by atoms with E-state index in [9.17, 15) is 0 Å². The molecular formula is C22H17N7S. The summed E-state index contributed by atoms with van der Waals surface area (Å²) in [4.78, 5) is 21.5. The van der Waals surface area contributed by atoms with Crippen molar-refractivity contribution >= 4 is 46.1 Å². The average molecular weight is 411 g/mol. The molecule has 0 fully saturated rings. The highest BCUT2D eigenvalue weighted by atomic mass is 32.2. The molecule has 0 saturated carbocycles. The van der Waals surface area contributed by atoms with Crippen molar-refractivity contribution < 1.29 is 0 Å². The number of nitrogens with zero attached hydrogens (tertiary/aromatic N) is 4. The van der Waals surface area contributed by atoms with Gasteiger partial charge < -0.3 is 15.6 Å². The minimum Gasteiger partial charge on any atom is -0.333 e. The minimum absolute atomic E-state index is 0.452. The lowest BCUT2D eigenvalue weighted by molar-refractivity contribution is 0.913. The first-order chi connectivity index (χ1) is 14.8. The van der Waals surface area contributed by atoms with Gasteiger partial charge >= 0.3 is 0 Å². The molecule has 0 aliphatic carbocycles. The Kier molecular flexibility index (Phi) is 4.97. The van der Waals surface area contributed by atoms with Crippen molar-refractivity contribution in [1.82, 2.24) is 24.9 Å². The van der Waals surface area contributed by atoms with Crippen LogP contribution in [0.25, 0.3) is 11.0 Å². The maximum Gasteiger partial charge on any atom is 0.233 e. The fraction of sp³-hybridized carbons (Fsp3) is 0. The van der Waals surface area contributed by atoms with Crippen LogP contribution >= 0.6 is 11.8 Å². The van der Waals surface area contributed by atoms with Gasteiger partial charge in [0.05, 0.1) is 11.0 Å². The molecule has 2 aromatic heterocycles. The summed E-state index contributed by atoms with van der Waals surface area (Å²) in [6.07, 6.45) is 0. The predicted molar refractivity (Wildman–Crippen MR) is 119 cm³/mol. The van der Waals surface area contributed by atoms with Crippen molar-refractivity contribution in [2.24, 2.45) is 0 Å². The van der Waals surface area contributed by atoms with Crippen LogP contribution in [0.5, 0.6) is 0 Å². The van der Waals surface area contributed by atoms with Crippen LogP contribution in [-0.2, 0) is 0 Å². The highest BCUT2D eigenvalue weighted by molar-refractivity contribution is 7.99. The largest absolute Gasteiger partial charge is 0.333 e. The molecule has 3 N–H and O–H groups in total. The summed E-state index contributed by atoms with van der Waals surface area (Å²) >= 11 is 1.35. The van der Waals surface area contributed by atoms with Crippen molar-refractivity contribution in [3.63, 3.8) is 0 Å². The smallest absolute Gasteiger partial charge is 0.233 e. The summed E-state index contributed by atoms with van der Waals surface area (Å²) in [7, 11) is 0. The second-order valence-electron chi connectivity index (χ2n) is 6.41. The van der Waals surface area contributed by atoms with Gasteiger partial charge in [0.25, 0.3) is 0 Å². The van der Waals surface area contributed by atoms with Gasteiger partial charge in [0.15, 0.2) is 5.16 Å². The summed E-state index contributed by atoms with van der Waals surface area (Å²) in [6, 6.07) is 27.5. The molecule has 30 heavy (non-hydrogen) atoms. The Labute approximate surface area is 177 Å². The van der Waals surface area contributed by atoms with Crippen LogP contribution in [-0.4, -0.2) is 24.9 Å². The number of aromatic nitrogens is 5. The molecule has 0 aliphatic heterocycles. The summed E-state index contributed by atoms with van der Waals surface area (Å²) in [5.74, 6) is 0.904. The number of H-pyrrole nitrogens is 1. The molecular weight excluding hydrogens is 394 g/mol. The Balaban J connectivity index is 1.48. The van der Waals surface area contributed by atoms with E-state index < -0.39 is 0 Å². The third kappa shape index (κ3) is 4.23. The Hall–Kier alpha value is -3.91. The first-order valence-corrected chi connectivity index (χ1v) is 10.2. The quantitative estimate of drug-likeness (QED) is 0.345. The first-order valence-electron chi connectivity index (χ1n) is 9.35. The van der Waals surface area contributed by atoms with Gasteiger partial charge in [-0.1, -0.05) is 48.5 Å². The van der Waals surface area contributed by atoms with E-state index in [1.807, 2.05) is 84.9 Å². The highest BCUT2D eigenvalue weighted by Gasteiger charge is 2.12. The van der Waals surface area contributed by atoms with Crippen LogP contribution in [0.1, 0.15) is 0 Å². The Morgan fingerprint density at radius 3 is 1.77 bits per heavy atom. The van der Waals surface area contributed by atoms with E-state index in [4.69, 9.17) is 0 Å². The fourth-order valence-corrected chi connectivity index (χ4v) is 3.62. The number of anilines is 4. The molecule has 5 rings (SSSR count).